The van der Waals surface area contributed by atoms with E-state index >= 15 is 0 Å². The van der Waals surface area contributed by atoms with Crippen LogP contribution in [0.5, 0.6) is 0 Å². The number of halogens is 2. The molecule has 3 aromatic rings. The van der Waals surface area contributed by atoms with E-state index in [1.54, 1.807) is 30.2 Å². The highest BCUT2D eigenvalue weighted by Crippen LogP contribution is 2.45. The number of nitrogens with zero attached hydrogens (tertiary/aromatic N) is 4. The fourth-order valence-electron chi connectivity index (χ4n) is 3.74. The van der Waals surface area contributed by atoms with Crippen LogP contribution in [0.3, 0.4) is 0 Å². The zero-order chi connectivity index (χ0) is 20.2. The van der Waals surface area contributed by atoms with Crippen LogP contribution in [-0.4, -0.2) is 49.4 Å². The van der Waals surface area contributed by atoms with Crippen molar-refractivity contribution in [2.45, 2.75) is 49.1 Å². The highest BCUT2D eigenvalue weighted by Gasteiger charge is 2.56. The molecule has 2 aliphatic rings. The van der Waals surface area contributed by atoms with E-state index in [0.29, 0.717) is 16.9 Å². The second-order valence-corrected chi connectivity index (χ2v) is 8.83. The molecule has 2 fully saturated rings. The molecule has 0 N–H and O–H groups in total. The van der Waals surface area contributed by atoms with Gasteiger partial charge in [-0.15, -0.1) is 11.8 Å². The number of rotatable bonds is 4. The van der Waals surface area contributed by atoms with Crippen LogP contribution in [-0.2, 0) is 14.2 Å². The Kier molecular flexibility index (Phi) is 4.75. The van der Waals surface area contributed by atoms with Crippen LogP contribution < -0.4 is 0 Å². The summed E-state index contributed by atoms with van der Waals surface area (Å²) < 4.78 is 33.6. The first-order valence-corrected chi connectivity index (χ1v) is 10.5. The average Bonchev–Trinajstić information content (AvgIpc) is 3.33. The summed E-state index contributed by atoms with van der Waals surface area (Å²) in [6.45, 7) is 3.77. The molecular weight excluding hydrogens is 419 g/mol. The van der Waals surface area contributed by atoms with Gasteiger partial charge in [0.25, 0.3) is 0 Å². The predicted molar refractivity (Wildman–Crippen MR) is 105 cm³/mol. The van der Waals surface area contributed by atoms with Crippen molar-refractivity contribution in [1.82, 2.24) is 19.5 Å². The largest absolute Gasteiger partial charge is 0.348 e. The third-order valence-electron chi connectivity index (χ3n) is 4.94. The number of benzene rings is 1. The van der Waals surface area contributed by atoms with Gasteiger partial charge in [-0.1, -0.05) is 11.6 Å². The monoisotopic (exact) mass is 436 g/mol. The first kappa shape index (κ1) is 19.2. The molecule has 0 aliphatic carbocycles. The van der Waals surface area contributed by atoms with Crippen molar-refractivity contribution >= 4 is 34.5 Å². The Hall–Kier alpha value is -1.78. The number of ether oxygens (including phenoxy) is 3. The average molecular weight is 437 g/mol. The zero-order valence-electron chi connectivity index (χ0n) is 15.7. The molecule has 0 amide bonds. The van der Waals surface area contributed by atoms with E-state index in [9.17, 15) is 4.39 Å². The fourth-order valence-corrected chi connectivity index (χ4v) is 4.87. The first-order valence-electron chi connectivity index (χ1n) is 9.14. The molecule has 4 heterocycles. The van der Waals surface area contributed by atoms with Crippen molar-refractivity contribution in [2.75, 3.05) is 5.75 Å². The van der Waals surface area contributed by atoms with E-state index in [4.69, 9.17) is 25.8 Å². The Morgan fingerprint density at radius 2 is 1.90 bits per heavy atom. The highest BCUT2D eigenvalue weighted by atomic mass is 35.5. The molecule has 0 unspecified atom stereocenters. The van der Waals surface area contributed by atoms with Gasteiger partial charge >= 0.3 is 0 Å². The van der Waals surface area contributed by atoms with Crippen LogP contribution in [0.15, 0.2) is 41.8 Å². The molecule has 2 saturated heterocycles. The van der Waals surface area contributed by atoms with Gasteiger partial charge in [-0.25, -0.2) is 19.3 Å². The van der Waals surface area contributed by atoms with E-state index in [1.165, 1.54) is 18.5 Å². The Balaban J connectivity index is 1.42. The molecule has 2 aliphatic heterocycles. The molecule has 0 saturated carbocycles. The maximum absolute atomic E-state index is 13.2. The summed E-state index contributed by atoms with van der Waals surface area (Å²) >= 11 is 7.72. The van der Waals surface area contributed by atoms with Crippen molar-refractivity contribution in [2.24, 2.45) is 0 Å². The topological polar surface area (TPSA) is 71.3 Å². The van der Waals surface area contributed by atoms with Crippen LogP contribution in [0.1, 0.15) is 20.1 Å². The quantitative estimate of drug-likeness (QED) is 0.454. The van der Waals surface area contributed by atoms with E-state index in [0.717, 1.165) is 4.90 Å². The van der Waals surface area contributed by atoms with Crippen LogP contribution in [0.25, 0.3) is 11.2 Å². The van der Waals surface area contributed by atoms with Crippen molar-refractivity contribution < 1.29 is 18.6 Å². The number of hydrogen-bond acceptors (Lipinski definition) is 7. The van der Waals surface area contributed by atoms with Gasteiger partial charge in [0.1, 0.15) is 29.9 Å². The van der Waals surface area contributed by atoms with Gasteiger partial charge in [0.05, 0.1) is 12.4 Å². The van der Waals surface area contributed by atoms with E-state index < -0.39 is 12.0 Å². The van der Waals surface area contributed by atoms with Crippen molar-refractivity contribution in [3.05, 3.63) is 47.9 Å². The molecule has 1 aromatic carbocycles. The summed E-state index contributed by atoms with van der Waals surface area (Å²) in [5, 5.41) is 0.288. The van der Waals surface area contributed by atoms with Gasteiger partial charge in [-0.3, -0.25) is 4.57 Å². The summed E-state index contributed by atoms with van der Waals surface area (Å²) in [6.07, 6.45) is 1.77. The minimum atomic E-state index is -0.723. The summed E-state index contributed by atoms with van der Waals surface area (Å²) in [7, 11) is 0. The lowest BCUT2D eigenvalue weighted by Gasteiger charge is -2.24. The normalized spacial score (nSPS) is 28.1. The fraction of sp³-hybridized carbons (Fsp3) is 0.421. The third kappa shape index (κ3) is 3.51. The van der Waals surface area contributed by atoms with E-state index in [-0.39, 0.29) is 29.3 Å². The predicted octanol–water partition coefficient (Wildman–Crippen LogP) is 3.83. The number of imidazole rings is 1. The number of thioether (sulfide) groups is 1. The molecule has 0 bridgehead atoms. The molecule has 0 radical (unpaired) electrons. The van der Waals surface area contributed by atoms with Gasteiger partial charge < -0.3 is 14.2 Å². The van der Waals surface area contributed by atoms with Crippen LogP contribution in [0, 0.1) is 5.82 Å². The minimum absolute atomic E-state index is 0.225. The first-order chi connectivity index (χ1) is 13.9. The molecule has 10 heteroatoms. The Bertz CT molecular complexity index is 1050. The van der Waals surface area contributed by atoms with Crippen molar-refractivity contribution in [1.29, 1.82) is 0 Å². The number of hydrogen-bond donors (Lipinski definition) is 0. The van der Waals surface area contributed by atoms with Gasteiger partial charge in [0.2, 0.25) is 0 Å². The van der Waals surface area contributed by atoms with E-state index in [2.05, 4.69) is 15.0 Å². The lowest BCUT2D eigenvalue weighted by atomic mass is 10.1. The molecule has 4 atom stereocenters. The lowest BCUT2D eigenvalue weighted by molar-refractivity contribution is -0.193. The summed E-state index contributed by atoms with van der Waals surface area (Å²) in [6, 6.07) is 6.40. The molecule has 0 spiro atoms. The lowest BCUT2D eigenvalue weighted by Crippen LogP contribution is -2.31. The Morgan fingerprint density at radius 1 is 1.14 bits per heavy atom. The maximum atomic E-state index is 13.2. The van der Waals surface area contributed by atoms with Gasteiger partial charge in [0, 0.05) is 10.6 Å². The van der Waals surface area contributed by atoms with Crippen molar-refractivity contribution in [3.63, 3.8) is 0 Å². The third-order valence-corrected chi connectivity index (χ3v) is 6.32. The maximum Gasteiger partial charge on any atom is 0.167 e. The summed E-state index contributed by atoms with van der Waals surface area (Å²) in [5.41, 5.74) is 1.09. The molecular formula is C19H18ClFN4O3S. The van der Waals surface area contributed by atoms with E-state index in [1.807, 2.05) is 18.4 Å². The zero-order valence-corrected chi connectivity index (χ0v) is 17.2. The molecule has 5 rings (SSSR count). The Labute approximate surface area is 175 Å². The minimum Gasteiger partial charge on any atom is -0.348 e. The van der Waals surface area contributed by atoms with Crippen LogP contribution in [0.4, 0.5) is 4.39 Å². The SMILES string of the molecule is CC1(C)O[C@@H]2[C@@H](O1)[C@@H](CSc1ccc(F)cc1)O[C@H]2n1cnc2c(Cl)ncnc21. The van der Waals surface area contributed by atoms with Gasteiger partial charge in [-0.05, 0) is 38.1 Å². The molecule has 152 valence electrons. The molecule has 2 aromatic heterocycles. The van der Waals surface area contributed by atoms with Crippen molar-refractivity contribution in [3.8, 4) is 0 Å². The number of aromatic nitrogens is 4. The van der Waals surface area contributed by atoms with Crippen LogP contribution in [0.2, 0.25) is 5.15 Å². The number of fused-ring (bicyclic) bond motifs is 2. The second kappa shape index (κ2) is 7.17. The molecule has 29 heavy (non-hydrogen) atoms. The Morgan fingerprint density at radius 3 is 2.69 bits per heavy atom. The second-order valence-electron chi connectivity index (χ2n) is 7.38. The van der Waals surface area contributed by atoms with Crippen LogP contribution >= 0.6 is 23.4 Å². The van der Waals surface area contributed by atoms with Gasteiger partial charge in [0.15, 0.2) is 22.8 Å². The smallest absolute Gasteiger partial charge is 0.167 e. The highest BCUT2D eigenvalue weighted by molar-refractivity contribution is 7.99. The van der Waals surface area contributed by atoms with Gasteiger partial charge in [-0.2, -0.15) is 0 Å². The standard InChI is InChI=1S/C19H18ClFN4O3S/c1-19(2)27-14-12(7-29-11-5-3-10(21)4-6-11)26-18(15(14)28-19)25-9-24-13-16(20)22-8-23-17(13)25/h3-6,8-9,12,14-15,18H,7H2,1-2H3/t12-,14+,15-,18-/m1/s1. The summed E-state index contributed by atoms with van der Waals surface area (Å²) in [5.74, 6) is -0.349. The molecule has 7 nitrogen and oxygen atoms in total. The summed E-state index contributed by atoms with van der Waals surface area (Å²) in [4.78, 5) is 13.6.